The maximum atomic E-state index is 11.5. The fourth-order valence-electron chi connectivity index (χ4n) is 1.24. The number of carbonyl (C=O) groups excluding carboxylic acids is 1. The van der Waals surface area contributed by atoms with Crippen LogP contribution in [0.25, 0.3) is 0 Å². The Balaban J connectivity index is 2.58. The van der Waals surface area contributed by atoms with Gasteiger partial charge >= 0.3 is 12.1 Å². The second kappa shape index (κ2) is 5.65. The predicted octanol–water partition coefficient (Wildman–Crippen LogP) is 1.16. The molecular formula is C9H13NO4S. The maximum absolute atomic E-state index is 11.5. The molecule has 1 unspecified atom stereocenters. The van der Waals surface area contributed by atoms with Gasteiger partial charge in [0.25, 0.3) is 0 Å². The summed E-state index contributed by atoms with van der Waals surface area (Å²) in [5.74, 6) is -0.252. The Morgan fingerprint density at radius 3 is 3.00 bits per heavy atom. The van der Waals surface area contributed by atoms with Gasteiger partial charge in [-0.05, 0) is 12.2 Å². The molecule has 0 aromatic heterocycles. The van der Waals surface area contributed by atoms with Gasteiger partial charge in [-0.25, -0.2) is 9.59 Å². The van der Waals surface area contributed by atoms with Crippen LogP contribution in [0, 0.1) is 0 Å². The Morgan fingerprint density at radius 1 is 1.67 bits per heavy atom. The summed E-state index contributed by atoms with van der Waals surface area (Å²) < 4.78 is 4.80. The molecule has 0 aliphatic carbocycles. The molecule has 1 rings (SSSR count). The van der Waals surface area contributed by atoms with Crippen molar-refractivity contribution in [3.63, 3.8) is 0 Å². The lowest BCUT2D eigenvalue weighted by atomic mass is 10.4. The van der Waals surface area contributed by atoms with Crippen LogP contribution >= 0.6 is 11.8 Å². The molecule has 1 heterocycles. The Hall–Kier alpha value is -1.17. The monoisotopic (exact) mass is 231 g/mol. The number of amides is 1. The number of thioether (sulfide) groups is 1. The van der Waals surface area contributed by atoms with E-state index in [1.807, 2.05) is 0 Å². The molecule has 0 saturated carbocycles. The highest BCUT2D eigenvalue weighted by Gasteiger charge is 2.33. The molecule has 1 amide bonds. The van der Waals surface area contributed by atoms with E-state index in [-0.39, 0.29) is 6.61 Å². The average molecular weight is 231 g/mol. The van der Waals surface area contributed by atoms with Gasteiger partial charge in [0, 0.05) is 6.54 Å². The Kier molecular flexibility index (Phi) is 4.48. The number of carboxylic acids is 1. The average Bonchev–Trinajstić information content (AvgIpc) is 2.25. The lowest BCUT2D eigenvalue weighted by Gasteiger charge is -2.31. The van der Waals surface area contributed by atoms with Crippen molar-refractivity contribution >= 4 is 23.8 Å². The molecule has 0 radical (unpaired) electrons. The van der Waals surface area contributed by atoms with E-state index in [2.05, 4.69) is 6.58 Å². The number of hydrogen-bond acceptors (Lipinski definition) is 4. The second-order valence-corrected chi connectivity index (χ2v) is 4.16. The van der Waals surface area contributed by atoms with Crippen molar-refractivity contribution in [3.8, 4) is 0 Å². The van der Waals surface area contributed by atoms with E-state index in [0.717, 1.165) is 12.2 Å². The summed E-state index contributed by atoms with van der Waals surface area (Å²) in [6.07, 6.45) is 1.65. The first-order valence-corrected chi connectivity index (χ1v) is 5.60. The summed E-state index contributed by atoms with van der Waals surface area (Å²) >= 11 is 1.24. The summed E-state index contributed by atoms with van der Waals surface area (Å²) in [5.41, 5.74) is 0. The Morgan fingerprint density at radius 2 is 2.40 bits per heavy atom. The smallest absolute Gasteiger partial charge is 0.411 e. The van der Waals surface area contributed by atoms with Crippen molar-refractivity contribution in [2.45, 2.75) is 11.8 Å². The number of rotatable bonds is 3. The molecule has 15 heavy (non-hydrogen) atoms. The third kappa shape index (κ3) is 3.16. The summed E-state index contributed by atoms with van der Waals surface area (Å²) in [5, 5.41) is 8.07. The number of nitrogens with zero attached hydrogens (tertiary/aromatic N) is 1. The molecule has 1 saturated heterocycles. The molecule has 5 nitrogen and oxygen atoms in total. The number of hydrogen-bond donors (Lipinski definition) is 1. The lowest BCUT2D eigenvalue weighted by molar-refractivity contribution is -0.139. The zero-order chi connectivity index (χ0) is 11.3. The molecule has 1 aliphatic heterocycles. The molecule has 0 spiro atoms. The van der Waals surface area contributed by atoms with Crippen LogP contribution in [-0.2, 0) is 9.53 Å². The van der Waals surface area contributed by atoms with Crippen LogP contribution < -0.4 is 0 Å². The minimum Gasteiger partial charge on any atom is -0.479 e. The van der Waals surface area contributed by atoms with Gasteiger partial charge in [0.15, 0.2) is 5.37 Å². The summed E-state index contributed by atoms with van der Waals surface area (Å²) in [6.45, 7) is 3.95. The number of ether oxygens (including phenoxy) is 1. The molecule has 84 valence electrons. The molecule has 0 bridgehead atoms. The summed E-state index contributed by atoms with van der Waals surface area (Å²) in [7, 11) is 0. The minimum atomic E-state index is -1.00. The molecule has 0 aromatic rings. The highest BCUT2D eigenvalue weighted by atomic mass is 32.2. The molecule has 1 aliphatic rings. The van der Waals surface area contributed by atoms with Crippen LogP contribution in [0.5, 0.6) is 0 Å². The fraction of sp³-hybridized carbons (Fsp3) is 0.556. The van der Waals surface area contributed by atoms with Gasteiger partial charge in [0.05, 0.1) is 0 Å². The predicted molar refractivity (Wildman–Crippen MR) is 56.7 cm³/mol. The van der Waals surface area contributed by atoms with Crippen molar-refractivity contribution in [2.24, 2.45) is 0 Å². The van der Waals surface area contributed by atoms with E-state index in [1.165, 1.54) is 22.7 Å². The molecule has 1 N–H and O–H groups in total. The third-order valence-corrected chi connectivity index (χ3v) is 3.17. The second-order valence-electron chi connectivity index (χ2n) is 2.97. The quantitative estimate of drug-likeness (QED) is 0.738. The van der Waals surface area contributed by atoms with Crippen LogP contribution in [-0.4, -0.2) is 46.3 Å². The van der Waals surface area contributed by atoms with Gasteiger partial charge in [-0.2, -0.15) is 0 Å². The summed E-state index contributed by atoms with van der Waals surface area (Å²) in [6, 6.07) is 0. The largest absolute Gasteiger partial charge is 0.479 e. The van der Waals surface area contributed by atoms with E-state index < -0.39 is 17.4 Å². The van der Waals surface area contributed by atoms with E-state index >= 15 is 0 Å². The van der Waals surface area contributed by atoms with Crippen LogP contribution in [0.15, 0.2) is 12.7 Å². The molecule has 1 atom stereocenters. The van der Waals surface area contributed by atoms with Gasteiger partial charge in [0.2, 0.25) is 0 Å². The molecule has 1 fully saturated rings. The topological polar surface area (TPSA) is 66.8 Å². The summed E-state index contributed by atoms with van der Waals surface area (Å²) in [4.78, 5) is 23.5. The van der Waals surface area contributed by atoms with E-state index in [9.17, 15) is 9.59 Å². The number of carboxylic acid groups (broad SMARTS) is 1. The first-order valence-electron chi connectivity index (χ1n) is 4.55. The number of carbonyl (C=O) groups is 2. The highest BCUT2D eigenvalue weighted by molar-refractivity contribution is 8.00. The van der Waals surface area contributed by atoms with Crippen molar-refractivity contribution in [2.75, 3.05) is 18.9 Å². The fourth-order valence-corrected chi connectivity index (χ4v) is 2.27. The standard InChI is InChI=1S/C9H13NO4S/c1-2-5-14-9(13)10-4-3-6-15-7(10)8(11)12/h2,7H,1,3-6H2,(H,11,12). The van der Waals surface area contributed by atoms with Crippen molar-refractivity contribution in [1.82, 2.24) is 4.90 Å². The highest BCUT2D eigenvalue weighted by Crippen LogP contribution is 2.23. The van der Waals surface area contributed by atoms with Gasteiger partial charge in [-0.1, -0.05) is 12.7 Å². The normalized spacial score (nSPS) is 20.8. The van der Waals surface area contributed by atoms with Crippen LogP contribution in [0.2, 0.25) is 0 Å². The van der Waals surface area contributed by atoms with E-state index in [1.54, 1.807) is 0 Å². The maximum Gasteiger partial charge on any atom is 0.411 e. The SMILES string of the molecule is C=CCOC(=O)N1CCCSC1C(=O)O. The third-order valence-electron chi connectivity index (χ3n) is 1.87. The zero-order valence-corrected chi connectivity index (χ0v) is 9.03. The minimum absolute atomic E-state index is 0.104. The van der Waals surface area contributed by atoms with E-state index in [0.29, 0.717) is 6.54 Å². The first-order chi connectivity index (χ1) is 7.16. The molecular weight excluding hydrogens is 218 g/mol. The first kappa shape index (κ1) is 11.9. The van der Waals surface area contributed by atoms with Gasteiger partial charge < -0.3 is 9.84 Å². The number of aliphatic carboxylic acids is 1. The molecule has 0 aromatic carbocycles. The van der Waals surface area contributed by atoms with Crippen molar-refractivity contribution < 1.29 is 19.4 Å². The Labute approximate surface area is 92.1 Å². The van der Waals surface area contributed by atoms with Crippen molar-refractivity contribution in [1.29, 1.82) is 0 Å². The van der Waals surface area contributed by atoms with Gasteiger partial charge in [0.1, 0.15) is 6.61 Å². The van der Waals surface area contributed by atoms with Gasteiger partial charge in [-0.3, -0.25) is 4.90 Å². The Bertz CT molecular complexity index is 269. The lowest BCUT2D eigenvalue weighted by Crippen LogP contribution is -2.46. The van der Waals surface area contributed by atoms with Crippen LogP contribution in [0.4, 0.5) is 4.79 Å². The van der Waals surface area contributed by atoms with Gasteiger partial charge in [-0.15, -0.1) is 11.8 Å². The van der Waals surface area contributed by atoms with Crippen molar-refractivity contribution in [3.05, 3.63) is 12.7 Å². The van der Waals surface area contributed by atoms with E-state index in [4.69, 9.17) is 9.84 Å². The van der Waals surface area contributed by atoms with Crippen LogP contribution in [0.3, 0.4) is 0 Å². The molecule has 6 heteroatoms. The zero-order valence-electron chi connectivity index (χ0n) is 8.22. The van der Waals surface area contributed by atoms with Crippen LogP contribution in [0.1, 0.15) is 6.42 Å².